The van der Waals surface area contributed by atoms with Crippen molar-refractivity contribution in [2.24, 2.45) is 5.92 Å². The summed E-state index contributed by atoms with van der Waals surface area (Å²) in [5, 5.41) is 4.71. The van der Waals surface area contributed by atoms with Crippen molar-refractivity contribution in [3.8, 4) is 0 Å². The van der Waals surface area contributed by atoms with E-state index < -0.39 is 10.0 Å². The molecule has 1 aromatic heterocycles. The Bertz CT molecular complexity index is 740. The van der Waals surface area contributed by atoms with Crippen LogP contribution < -0.4 is 5.32 Å². The van der Waals surface area contributed by atoms with E-state index in [2.05, 4.69) is 10.3 Å². The van der Waals surface area contributed by atoms with Gasteiger partial charge in [0.05, 0.1) is 4.90 Å². The van der Waals surface area contributed by atoms with Crippen molar-refractivity contribution in [1.29, 1.82) is 0 Å². The molecule has 3 rings (SSSR count). The highest BCUT2D eigenvalue weighted by molar-refractivity contribution is 7.89. The van der Waals surface area contributed by atoms with E-state index in [1.807, 2.05) is 13.1 Å². The summed E-state index contributed by atoms with van der Waals surface area (Å²) in [5.74, 6) is 0.390. The normalized spacial score (nSPS) is 20.1. The SMILES string of the molecule is CNCC1CCN(S(=O)(=O)c2cccc3cnccc23)C1. The monoisotopic (exact) mass is 305 g/mol. The minimum atomic E-state index is -3.44. The first-order valence-corrected chi connectivity index (χ1v) is 8.54. The summed E-state index contributed by atoms with van der Waals surface area (Å²) >= 11 is 0. The molecule has 0 radical (unpaired) electrons. The van der Waals surface area contributed by atoms with E-state index in [4.69, 9.17) is 0 Å². The Morgan fingerprint density at radius 1 is 1.38 bits per heavy atom. The van der Waals surface area contributed by atoms with Crippen molar-refractivity contribution >= 4 is 20.8 Å². The van der Waals surface area contributed by atoms with Gasteiger partial charge >= 0.3 is 0 Å². The van der Waals surface area contributed by atoms with Gasteiger partial charge in [0.25, 0.3) is 0 Å². The van der Waals surface area contributed by atoms with Crippen molar-refractivity contribution in [2.75, 3.05) is 26.7 Å². The van der Waals surface area contributed by atoms with E-state index >= 15 is 0 Å². The number of pyridine rings is 1. The molecule has 5 nitrogen and oxygen atoms in total. The Balaban J connectivity index is 1.98. The van der Waals surface area contributed by atoms with Crippen molar-refractivity contribution in [2.45, 2.75) is 11.3 Å². The maximum absolute atomic E-state index is 12.9. The Labute approximate surface area is 125 Å². The summed E-state index contributed by atoms with van der Waals surface area (Å²) in [4.78, 5) is 4.44. The first-order valence-electron chi connectivity index (χ1n) is 7.10. The lowest BCUT2D eigenvalue weighted by Gasteiger charge is -2.18. The van der Waals surface area contributed by atoms with Crippen LogP contribution in [0, 0.1) is 5.92 Å². The van der Waals surface area contributed by atoms with Gasteiger partial charge in [-0.05, 0) is 38.1 Å². The van der Waals surface area contributed by atoms with Crippen LogP contribution in [0.5, 0.6) is 0 Å². The topological polar surface area (TPSA) is 62.3 Å². The molecule has 2 heterocycles. The number of rotatable bonds is 4. The molecule has 1 fully saturated rings. The highest BCUT2D eigenvalue weighted by Gasteiger charge is 2.32. The number of hydrogen-bond donors (Lipinski definition) is 1. The van der Waals surface area contributed by atoms with Crippen molar-refractivity contribution in [1.82, 2.24) is 14.6 Å². The van der Waals surface area contributed by atoms with Crippen LogP contribution >= 0.6 is 0 Å². The van der Waals surface area contributed by atoms with Gasteiger partial charge in [-0.25, -0.2) is 8.42 Å². The highest BCUT2D eigenvalue weighted by Crippen LogP contribution is 2.28. The van der Waals surface area contributed by atoms with Gasteiger partial charge in [0.2, 0.25) is 10.0 Å². The minimum Gasteiger partial charge on any atom is -0.319 e. The molecule has 1 aliphatic heterocycles. The molecule has 6 heteroatoms. The second kappa shape index (κ2) is 5.71. The molecule has 0 aliphatic carbocycles. The molecule has 112 valence electrons. The fraction of sp³-hybridized carbons (Fsp3) is 0.400. The van der Waals surface area contributed by atoms with Gasteiger partial charge in [0, 0.05) is 36.3 Å². The second-order valence-corrected chi connectivity index (χ2v) is 7.33. The second-order valence-electron chi connectivity index (χ2n) is 5.43. The zero-order valence-corrected chi connectivity index (χ0v) is 12.8. The van der Waals surface area contributed by atoms with Crippen LogP contribution in [0.1, 0.15) is 6.42 Å². The molecule has 21 heavy (non-hydrogen) atoms. The quantitative estimate of drug-likeness (QED) is 0.929. The maximum Gasteiger partial charge on any atom is 0.243 e. The summed E-state index contributed by atoms with van der Waals surface area (Å²) < 4.78 is 27.4. The standard InChI is InChI=1S/C15H19N3O2S/c1-16-9-12-6-8-18(11-12)21(19,20)15-4-2-3-13-10-17-7-5-14(13)15/h2-5,7,10,12,16H,6,8-9,11H2,1H3. The number of aromatic nitrogens is 1. The zero-order chi connectivity index (χ0) is 14.9. The smallest absolute Gasteiger partial charge is 0.243 e. The summed E-state index contributed by atoms with van der Waals surface area (Å²) in [6.07, 6.45) is 4.24. The van der Waals surface area contributed by atoms with Crippen LogP contribution in [0.25, 0.3) is 10.8 Å². The van der Waals surface area contributed by atoms with Crippen LogP contribution in [0.15, 0.2) is 41.6 Å². The van der Waals surface area contributed by atoms with Gasteiger partial charge in [-0.1, -0.05) is 12.1 Å². The van der Waals surface area contributed by atoms with Crippen molar-refractivity contribution in [3.63, 3.8) is 0 Å². The molecule has 1 aromatic carbocycles. The summed E-state index contributed by atoms with van der Waals surface area (Å²) in [7, 11) is -1.54. The number of nitrogens with zero attached hydrogens (tertiary/aromatic N) is 2. The van der Waals surface area contributed by atoms with E-state index in [0.29, 0.717) is 23.9 Å². The minimum absolute atomic E-state index is 0.382. The van der Waals surface area contributed by atoms with Crippen molar-refractivity contribution < 1.29 is 8.42 Å². The molecular weight excluding hydrogens is 286 g/mol. The molecule has 2 aromatic rings. The molecule has 0 amide bonds. The summed E-state index contributed by atoms with van der Waals surface area (Å²) in [6.45, 7) is 2.03. The van der Waals surface area contributed by atoms with E-state index in [1.165, 1.54) is 0 Å². The lowest BCUT2D eigenvalue weighted by molar-refractivity contribution is 0.451. The molecule has 0 saturated carbocycles. The van der Waals surface area contributed by atoms with Gasteiger partial charge in [-0.15, -0.1) is 0 Å². The average molecular weight is 305 g/mol. The molecule has 1 N–H and O–H groups in total. The number of sulfonamides is 1. The molecule has 1 atom stereocenters. The van der Waals surface area contributed by atoms with Gasteiger partial charge < -0.3 is 5.32 Å². The Morgan fingerprint density at radius 3 is 3.05 bits per heavy atom. The molecule has 1 aliphatic rings. The van der Waals surface area contributed by atoms with Crippen LogP contribution in [-0.2, 0) is 10.0 Å². The number of hydrogen-bond acceptors (Lipinski definition) is 4. The maximum atomic E-state index is 12.9. The first-order chi connectivity index (χ1) is 10.1. The molecular formula is C15H19N3O2S. The predicted octanol–water partition coefficient (Wildman–Crippen LogP) is 1.46. The number of fused-ring (bicyclic) bond motifs is 1. The van der Waals surface area contributed by atoms with E-state index in [-0.39, 0.29) is 0 Å². The summed E-state index contributed by atoms with van der Waals surface area (Å²) in [6, 6.07) is 7.11. The Hall–Kier alpha value is -1.50. The van der Waals surface area contributed by atoms with Crippen LogP contribution in [-0.4, -0.2) is 44.4 Å². The van der Waals surface area contributed by atoms with Crippen molar-refractivity contribution in [3.05, 3.63) is 36.7 Å². The van der Waals surface area contributed by atoms with Gasteiger partial charge in [0.1, 0.15) is 0 Å². The molecule has 1 unspecified atom stereocenters. The number of benzene rings is 1. The molecule has 1 saturated heterocycles. The first kappa shape index (κ1) is 14.4. The fourth-order valence-electron chi connectivity index (χ4n) is 2.93. The third-order valence-corrected chi connectivity index (χ3v) is 5.92. The highest BCUT2D eigenvalue weighted by atomic mass is 32.2. The molecule has 0 bridgehead atoms. The van der Waals surface area contributed by atoms with Crippen LogP contribution in [0.3, 0.4) is 0 Å². The Kier molecular flexibility index (Phi) is 3.93. The predicted molar refractivity (Wildman–Crippen MR) is 82.5 cm³/mol. The van der Waals surface area contributed by atoms with E-state index in [1.54, 1.807) is 34.9 Å². The van der Waals surface area contributed by atoms with Gasteiger partial charge in [-0.3, -0.25) is 4.98 Å². The largest absolute Gasteiger partial charge is 0.319 e. The molecule has 0 spiro atoms. The fourth-order valence-corrected chi connectivity index (χ4v) is 4.67. The van der Waals surface area contributed by atoms with E-state index in [9.17, 15) is 8.42 Å². The third-order valence-electron chi connectivity index (χ3n) is 4.00. The Morgan fingerprint density at radius 2 is 2.24 bits per heavy atom. The van der Waals surface area contributed by atoms with Crippen LogP contribution in [0.4, 0.5) is 0 Å². The average Bonchev–Trinajstić information content (AvgIpc) is 2.96. The third kappa shape index (κ3) is 2.66. The lowest BCUT2D eigenvalue weighted by atomic mass is 10.1. The zero-order valence-electron chi connectivity index (χ0n) is 12.0. The number of nitrogens with one attached hydrogen (secondary N) is 1. The van der Waals surface area contributed by atoms with Gasteiger partial charge in [-0.2, -0.15) is 4.31 Å². The van der Waals surface area contributed by atoms with Crippen LogP contribution in [0.2, 0.25) is 0 Å². The summed E-state index contributed by atoms with van der Waals surface area (Å²) in [5.41, 5.74) is 0. The lowest BCUT2D eigenvalue weighted by Crippen LogP contribution is -2.30. The van der Waals surface area contributed by atoms with Gasteiger partial charge in [0.15, 0.2) is 0 Å². The van der Waals surface area contributed by atoms with E-state index in [0.717, 1.165) is 23.7 Å².